The first-order valence-electron chi connectivity index (χ1n) is 6.37. The summed E-state index contributed by atoms with van der Waals surface area (Å²) < 4.78 is 13.8. The van der Waals surface area contributed by atoms with Crippen LogP contribution in [0, 0.1) is 5.82 Å². The molecule has 0 saturated carbocycles. The van der Waals surface area contributed by atoms with E-state index in [9.17, 15) is 9.50 Å². The van der Waals surface area contributed by atoms with Gasteiger partial charge in [-0.15, -0.1) is 0 Å². The molecular formula is C14H18ClFOS2. The molecule has 4 atom stereocenters. The lowest BCUT2D eigenvalue weighted by molar-refractivity contribution is 0.176. The monoisotopic (exact) mass is 320 g/mol. The topological polar surface area (TPSA) is 20.2 Å². The molecule has 1 saturated heterocycles. The third kappa shape index (κ3) is 3.81. The Morgan fingerprint density at radius 3 is 2.84 bits per heavy atom. The van der Waals surface area contributed by atoms with Crippen molar-refractivity contribution >= 4 is 35.1 Å². The van der Waals surface area contributed by atoms with Gasteiger partial charge in [-0.3, -0.25) is 0 Å². The molecule has 106 valence electrons. The molecule has 0 radical (unpaired) electrons. The Kier molecular flexibility index (Phi) is 5.46. The molecule has 1 nitrogen and oxygen atoms in total. The summed E-state index contributed by atoms with van der Waals surface area (Å²) in [5.74, 6) is 0.512. The molecule has 1 aromatic carbocycles. The summed E-state index contributed by atoms with van der Waals surface area (Å²) in [5.41, 5.74) is 0.497. The van der Waals surface area contributed by atoms with E-state index in [2.05, 4.69) is 13.8 Å². The summed E-state index contributed by atoms with van der Waals surface area (Å²) in [6, 6.07) is 4.94. The van der Waals surface area contributed by atoms with Crippen molar-refractivity contribution in [2.45, 2.75) is 42.1 Å². The van der Waals surface area contributed by atoms with Gasteiger partial charge in [-0.05, 0) is 11.6 Å². The molecule has 1 N–H and O–H groups in total. The maximum absolute atomic E-state index is 13.8. The van der Waals surface area contributed by atoms with Gasteiger partial charge in [0.2, 0.25) is 0 Å². The van der Waals surface area contributed by atoms with Gasteiger partial charge in [0.05, 0.1) is 11.1 Å². The maximum Gasteiger partial charge on any atom is 0.145 e. The Balaban J connectivity index is 2.01. The van der Waals surface area contributed by atoms with Crippen LogP contribution in [0.2, 0.25) is 5.02 Å². The average Bonchev–Trinajstić information content (AvgIpc) is 2.38. The van der Waals surface area contributed by atoms with E-state index in [4.69, 9.17) is 11.6 Å². The second-order valence-corrected chi connectivity index (χ2v) is 8.34. The van der Waals surface area contributed by atoms with Gasteiger partial charge in [0.25, 0.3) is 0 Å². The molecule has 0 aliphatic carbocycles. The highest BCUT2D eigenvalue weighted by Crippen LogP contribution is 2.37. The number of aliphatic hydroxyl groups is 1. The molecule has 4 unspecified atom stereocenters. The van der Waals surface area contributed by atoms with Crippen LogP contribution in [0.3, 0.4) is 0 Å². The zero-order chi connectivity index (χ0) is 14.0. The van der Waals surface area contributed by atoms with Crippen molar-refractivity contribution in [3.63, 3.8) is 0 Å². The van der Waals surface area contributed by atoms with Crippen LogP contribution in [-0.2, 0) is 6.42 Å². The van der Waals surface area contributed by atoms with Crippen LogP contribution >= 0.6 is 35.1 Å². The summed E-state index contributed by atoms with van der Waals surface area (Å²) in [4.78, 5) is 0. The van der Waals surface area contributed by atoms with E-state index in [0.717, 1.165) is 5.75 Å². The molecule has 1 fully saturated rings. The SMILES string of the molecule is CC1SCC(C(O)Cc2cccc(Cl)c2F)SC1C. The van der Waals surface area contributed by atoms with Crippen LogP contribution in [-0.4, -0.2) is 32.7 Å². The average molecular weight is 321 g/mol. The van der Waals surface area contributed by atoms with E-state index in [1.54, 1.807) is 23.9 Å². The first kappa shape index (κ1) is 15.5. The lowest BCUT2D eigenvalue weighted by Gasteiger charge is -2.33. The number of hydrogen-bond acceptors (Lipinski definition) is 3. The molecule has 1 aromatic rings. The number of benzene rings is 1. The van der Waals surface area contributed by atoms with Crippen molar-refractivity contribution < 1.29 is 9.50 Å². The Hall–Kier alpha value is 0.1000. The third-order valence-corrected chi connectivity index (χ3v) is 7.29. The summed E-state index contributed by atoms with van der Waals surface area (Å²) in [5, 5.41) is 11.7. The van der Waals surface area contributed by atoms with Crippen LogP contribution in [0.25, 0.3) is 0 Å². The fourth-order valence-corrected chi connectivity index (χ4v) is 5.28. The normalized spacial score (nSPS) is 29.2. The van der Waals surface area contributed by atoms with Gasteiger partial charge in [0, 0.05) is 27.9 Å². The minimum atomic E-state index is -0.527. The van der Waals surface area contributed by atoms with Gasteiger partial charge >= 0.3 is 0 Å². The fraction of sp³-hybridized carbons (Fsp3) is 0.571. The van der Waals surface area contributed by atoms with Crippen LogP contribution in [0.15, 0.2) is 18.2 Å². The quantitative estimate of drug-likeness (QED) is 0.908. The summed E-state index contributed by atoms with van der Waals surface area (Å²) in [6.07, 6.45) is -0.202. The van der Waals surface area contributed by atoms with E-state index in [-0.39, 0.29) is 10.3 Å². The Morgan fingerprint density at radius 2 is 2.16 bits per heavy atom. The van der Waals surface area contributed by atoms with E-state index in [1.807, 2.05) is 11.8 Å². The lowest BCUT2D eigenvalue weighted by Crippen LogP contribution is -2.35. The number of halogens is 2. The molecule has 1 aliphatic rings. The second kappa shape index (κ2) is 6.70. The molecule has 1 heterocycles. The Bertz CT molecular complexity index is 443. The van der Waals surface area contributed by atoms with E-state index < -0.39 is 11.9 Å². The molecule has 5 heteroatoms. The van der Waals surface area contributed by atoms with Gasteiger partial charge in [0.15, 0.2) is 0 Å². The second-order valence-electron chi connectivity index (χ2n) is 4.90. The van der Waals surface area contributed by atoms with Crippen molar-refractivity contribution in [1.82, 2.24) is 0 Å². The maximum atomic E-state index is 13.8. The van der Waals surface area contributed by atoms with Crippen molar-refractivity contribution in [2.75, 3.05) is 5.75 Å². The van der Waals surface area contributed by atoms with Crippen LogP contribution in [0.1, 0.15) is 19.4 Å². The molecule has 0 spiro atoms. The summed E-state index contributed by atoms with van der Waals surface area (Å²) >= 11 is 9.44. The number of aliphatic hydroxyl groups excluding tert-OH is 1. The van der Waals surface area contributed by atoms with Gasteiger partial charge in [-0.25, -0.2) is 4.39 Å². The highest BCUT2D eigenvalue weighted by atomic mass is 35.5. The van der Waals surface area contributed by atoms with Gasteiger partial charge in [-0.2, -0.15) is 23.5 Å². The zero-order valence-electron chi connectivity index (χ0n) is 11.0. The largest absolute Gasteiger partial charge is 0.392 e. The van der Waals surface area contributed by atoms with Crippen LogP contribution in [0.4, 0.5) is 4.39 Å². The first-order chi connectivity index (χ1) is 8.99. The zero-order valence-corrected chi connectivity index (χ0v) is 13.4. The van der Waals surface area contributed by atoms with E-state index in [1.165, 1.54) is 6.07 Å². The molecule has 1 aliphatic heterocycles. The van der Waals surface area contributed by atoms with Crippen molar-refractivity contribution in [2.24, 2.45) is 0 Å². The summed E-state index contributed by atoms with van der Waals surface area (Å²) in [6.45, 7) is 4.39. The van der Waals surface area contributed by atoms with Crippen molar-refractivity contribution in [3.05, 3.63) is 34.6 Å². The fourth-order valence-electron chi connectivity index (χ4n) is 2.07. The van der Waals surface area contributed by atoms with Crippen molar-refractivity contribution in [3.8, 4) is 0 Å². The molecule has 0 amide bonds. The van der Waals surface area contributed by atoms with Crippen molar-refractivity contribution in [1.29, 1.82) is 0 Å². The predicted molar refractivity (Wildman–Crippen MR) is 83.9 cm³/mol. The molecule has 0 bridgehead atoms. The summed E-state index contributed by atoms with van der Waals surface area (Å²) in [7, 11) is 0. The predicted octanol–water partition coefficient (Wildman–Crippen LogP) is 4.01. The smallest absolute Gasteiger partial charge is 0.145 e. The number of thioether (sulfide) groups is 2. The first-order valence-corrected chi connectivity index (χ1v) is 8.74. The Morgan fingerprint density at radius 1 is 1.42 bits per heavy atom. The van der Waals surface area contributed by atoms with Gasteiger partial charge in [-0.1, -0.05) is 37.6 Å². The molecule has 0 aromatic heterocycles. The Labute approximate surface area is 127 Å². The third-order valence-electron chi connectivity index (χ3n) is 3.46. The highest BCUT2D eigenvalue weighted by molar-refractivity contribution is 8.07. The minimum Gasteiger partial charge on any atom is -0.392 e. The van der Waals surface area contributed by atoms with Crippen LogP contribution < -0.4 is 0 Å². The van der Waals surface area contributed by atoms with Crippen LogP contribution in [0.5, 0.6) is 0 Å². The molecule has 2 rings (SSSR count). The highest BCUT2D eigenvalue weighted by Gasteiger charge is 2.30. The minimum absolute atomic E-state index is 0.123. The number of rotatable bonds is 3. The standard InChI is InChI=1S/C14H18ClFOS2/c1-8-9(2)19-13(7-18-8)12(17)6-10-4-3-5-11(15)14(10)16/h3-5,8-9,12-13,17H,6-7H2,1-2H3. The number of hydrogen-bond donors (Lipinski definition) is 1. The van der Waals surface area contributed by atoms with E-state index in [0.29, 0.717) is 22.5 Å². The molecule has 19 heavy (non-hydrogen) atoms. The lowest BCUT2D eigenvalue weighted by atomic mass is 10.1. The molecular weight excluding hydrogens is 303 g/mol. The van der Waals surface area contributed by atoms with E-state index >= 15 is 0 Å². The van der Waals surface area contributed by atoms with Gasteiger partial charge < -0.3 is 5.11 Å². The van der Waals surface area contributed by atoms with Gasteiger partial charge in [0.1, 0.15) is 5.82 Å².